The summed E-state index contributed by atoms with van der Waals surface area (Å²) in [5, 5.41) is 12.8. The first-order valence-corrected chi connectivity index (χ1v) is 16.7. The molecular formula is C47H31N. The van der Waals surface area contributed by atoms with Crippen molar-refractivity contribution >= 4 is 64.9 Å². The molecule has 10 aromatic rings. The third-order valence-electron chi connectivity index (χ3n) is 10.2. The van der Waals surface area contributed by atoms with Gasteiger partial charge in [-0.15, -0.1) is 0 Å². The Kier molecular flexibility index (Phi) is 5.86. The van der Waals surface area contributed by atoms with Crippen LogP contribution in [-0.4, -0.2) is 4.57 Å². The Bertz CT molecular complexity index is 2740. The number of aromatic nitrogens is 1. The average Bonchev–Trinajstić information content (AvgIpc) is 3.49. The normalized spacial score (nSPS) is 11.9. The number of hydrogen-bond donors (Lipinski definition) is 0. The minimum Gasteiger partial charge on any atom is -0.309 e. The first kappa shape index (κ1) is 27.0. The fourth-order valence-corrected chi connectivity index (χ4v) is 8.15. The van der Waals surface area contributed by atoms with Crippen molar-refractivity contribution in [1.82, 2.24) is 4.57 Å². The van der Waals surface area contributed by atoms with E-state index in [9.17, 15) is 0 Å². The van der Waals surface area contributed by atoms with Gasteiger partial charge in [0.15, 0.2) is 0 Å². The van der Waals surface area contributed by atoms with Gasteiger partial charge in [0.1, 0.15) is 0 Å². The van der Waals surface area contributed by atoms with E-state index in [4.69, 9.17) is 0 Å². The summed E-state index contributed by atoms with van der Waals surface area (Å²) in [6.07, 6.45) is 0. The Morgan fingerprint density at radius 1 is 0.354 bits per heavy atom. The molecule has 0 aliphatic rings. The molecule has 0 spiro atoms. The molecule has 0 saturated carbocycles. The Morgan fingerprint density at radius 2 is 0.812 bits per heavy atom. The molecule has 0 aliphatic carbocycles. The minimum atomic E-state index is 1.16. The lowest BCUT2D eigenvalue weighted by Gasteiger charge is -2.18. The van der Waals surface area contributed by atoms with Crippen LogP contribution in [-0.2, 0) is 0 Å². The first-order valence-electron chi connectivity index (χ1n) is 16.7. The number of rotatable bonds is 3. The molecule has 10 rings (SSSR count). The summed E-state index contributed by atoms with van der Waals surface area (Å²) < 4.78 is 2.45. The lowest BCUT2D eigenvalue weighted by Crippen LogP contribution is -1.95. The van der Waals surface area contributed by atoms with Gasteiger partial charge in [0.2, 0.25) is 0 Å². The molecule has 1 heteroatoms. The van der Waals surface area contributed by atoms with E-state index >= 15 is 0 Å². The molecule has 1 heterocycles. The predicted octanol–water partition coefficient (Wildman–Crippen LogP) is 13.0. The molecule has 0 aliphatic heterocycles. The van der Waals surface area contributed by atoms with Gasteiger partial charge in [-0.05, 0) is 96.5 Å². The van der Waals surface area contributed by atoms with E-state index in [0.717, 1.165) is 5.69 Å². The predicted molar refractivity (Wildman–Crippen MR) is 206 cm³/mol. The molecule has 0 N–H and O–H groups in total. The van der Waals surface area contributed by atoms with Crippen LogP contribution >= 0.6 is 0 Å². The summed E-state index contributed by atoms with van der Waals surface area (Å²) in [5.41, 5.74) is 9.95. The molecule has 0 atom stereocenters. The topological polar surface area (TPSA) is 4.93 Å². The molecule has 1 aromatic heterocycles. The molecule has 0 fully saturated rings. The van der Waals surface area contributed by atoms with Crippen LogP contribution in [0.25, 0.3) is 92.8 Å². The van der Waals surface area contributed by atoms with Crippen LogP contribution in [0.2, 0.25) is 0 Å². The molecule has 48 heavy (non-hydrogen) atoms. The third kappa shape index (κ3) is 3.91. The fraction of sp³-hybridized carbons (Fsp3) is 0.0213. The van der Waals surface area contributed by atoms with Crippen molar-refractivity contribution in [3.05, 3.63) is 175 Å². The van der Waals surface area contributed by atoms with Crippen LogP contribution < -0.4 is 0 Å². The lowest BCUT2D eigenvalue weighted by atomic mass is 9.86. The molecule has 224 valence electrons. The Labute approximate surface area is 278 Å². The summed E-state index contributed by atoms with van der Waals surface area (Å²) in [6, 6.07) is 62.6. The van der Waals surface area contributed by atoms with Crippen molar-refractivity contribution in [1.29, 1.82) is 0 Å². The van der Waals surface area contributed by atoms with Crippen LogP contribution in [0.1, 0.15) is 5.56 Å². The Balaban J connectivity index is 1.23. The molecule has 0 unspecified atom stereocenters. The van der Waals surface area contributed by atoms with Crippen molar-refractivity contribution in [2.75, 3.05) is 0 Å². The highest BCUT2D eigenvalue weighted by molar-refractivity contribution is 6.28. The zero-order chi connectivity index (χ0) is 31.8. The second-order valence-electron chi connectivity index (χ2n) is 13.0. The fourth-order valence-electron chi connectivity index (χ4n) is 8.15. The van der Waals surface area contributed by atoms with Gasteiger partial charge in [0, 0.05) is 16.5 Å². The quantitative estimate of drug-likeness (QED) is 0.176. The number of benzene rings is 9. The molecule has 0 amide bonds. The maximum absolute atomic E-state index is 2.45. The summed E-state index contributed by atoms with van der Waals surface area (Å²) in [7, 11) is 0. The average molecular weight is 610 g/mol. The van der Waals surface area contributed by atoms with Gasteiger partial charge in [-0.25, -0.2) is 0 Å². The van der Waals surface area contributed by atoms with Crippen molar-refractivity contribution in [2.24, 2.45) is 0 Å². The van der Waals surface area contributed by atoms with Gasteiger partial charge in [0.25, 0.3) is 0 Å². The number of hydrogen-bond acceptors (Lipinski definition) is 0. The Hall–Kier alpha value is -6.18. The maximum Gasteiger partial charge on any atom is 0.0547 e. The number of aryl methyl sites for hydroxylation is 1. The summed E-state index contributed by atoms with van der Waals surface area (Å²) in [4.78, 5) is 0. The van der Waals surface area contributed by atoms with Gasteiger partial charge < -0.3 is 4.57 Å². The maximum atomic E-state index is 2.45. The van der Waals surface area contributed by atoms with Gasteiger partial charge in [-0.3, -0.25) is 0 Å². The number of fused-ring (bicyclic) bond motifs is 9. The zero-order valence-corrected chi connectivity index (χ0v) is 26.6. The van der Waals surface area contributed by atoms with Gasteiger partial charge in [-0.2, -0.15) is 0 Å². The highest BCUT2D eigenvalue weighted by Crippen LogP contribution is 2.45. The first-order chi connectivity index (χ1) is 23.7. The zero-order valence-electron chi connectivity index (χ0n) is 26.6. The molecule has 0 bridgehead atoms. The van der Waals surface area contributed by atoms with Crippen LogP contribution in [0.4, 0.5) is 0 Å². The second kappa shape index (κ2) is 10.4. The van der Waals surface area contributed by atoms with Crippen LogP contribution in [0, 0.1) is 6.92 Å². The van der Waals surface area contributed by atoms with Crippen molar-refractivity contribution in [2.45, 2.75) is 6.92 Å². The van der Waals surface area contributed by atoms with Crippen LogP contribution in [0.3, 0.4) is 0 Å². The smallest absolute Gasteiger partial charge is 0.0547 e. The molecule has 9 aromatic carbocycles. The minimum absolute atomic E-state index is 1.16. The largest absolute Gasteiger partial charge is 0.309 e. The Morgan fingerprint density at radius 3 is 1.31 bits per heavy atom. The van der Waals surface area contributed by atoms with Crippen LogP contribution in [0.15, 0.2) is 170 Å². The monoisotopic (exact) mass is 609 g/mol. The van der Waals surface area contributed by atoms with E-state index in [-0.39, 0.29) is 0 Å². The van der Waals surface area contributed by atoms with E-state index < -0.39 is 0 Å². The number of nitrogens with zero attached hydrogens (tertiary/aromatic N) is 1. The SMILES string of the molecule is Cc1cccc(-c2c3ccccc3c(-c3ccc(-n4c5ccc6ccccc6c5c5c6ccccc6ccc54)cc3)c3ccccc23)c1. The van der Waals surface area contributed by atoms with E-state index in [1.54, 1.807) is 0 Å². The summed E-state index contributed by atoms with van der Waals surface area (Å²) in [6.45, 7) is 2.17. The summed E-state index contributed by atoms with van der Waals surface area (Å²) >= 11 is 0. The van der Waals surface area contributed by atoms with Crippen LogP contribution in [0.5, 0.6) is 0 Å². The van der Waals surface area contributed by atoms with Gasteiger partial charge in [-0.1, -0.05) is 151 Å². The van der Waals surface area contributed by atoms with E-state index in [0.29, 0.717) is 0 Å². The third-order valence-corrected chi connectivity index (χ3v) is 10.2. The van der Waals surface area contributed by atoms with Gasteiger partial charge >= 0.3 is 0 Å². The van der Waals surface area contributed by atoms with E-state index in [1.807, 2.05) is 0 Å². The molecule has 0 saturated heterocycles. The summed E-state index contributed by atoms with van der Waals surface area (Å²) in [5.74, 6) is 0. The molecule has 0 radical (unpaired) electrons. The van der Waals surface area contributed by atoms with E-state index in [2.05, 4.69) is 181 Å². The highest BCUT2D eigenvalue weighted by atomic mass is 15.0. The van der Waals surface area contributed by atoms with Crippen molar-refractivity contribution in [3.8, 4) is 27.9 Å². The second-order valence-corrected chi connectivity index (χ2v) is 13.0. The van der Waals surface area contributed by atoms with Crippen molar-refractivity contribution < 1.29 is 0 Å². The lowest BCUT2D eigenvalue weighted by molar-refractivity contribution is 1.18. The van der Waals surface area contributed by atoms with E-state index in [1.165, 1.54) is 92.7 Å². The standard InChI is InChI=1S/C47H31N/c1-30-11-10-14-34(29-30)45-40-19-8-6-17-38(40)44(39-18-7-9-20-41(39)45)33-21-25-35(26-22-33)48-42-27-23-31-12-2-4-15-36(31)46(42)47-37-16-5-3-13-32(37)24-28-43(47)48/h2-29H,1H3. The highest BCUT2D eigenvalue weighted by Gasteiger charge is 2.19. The van der Waals surface area contributed by atoms with Gasteiger partial charge in [0.05, 0.1) is 11.0 Å². The molecular weight excluding hydrogens is 579 g/mol. The van der Waals surface area contributed by atoms with Crippen molar-refractivity contribution in [3.63, 3.8) is 0 Å². The molecule has 1 nitrogen and oxygen atoms in total.